The number of hydrogen-bond acceptors (Lipinski definition) is 3. The van der Waals surface area contributed by atoms with Crippen LogP contribution in [-0.4, -0.2) is 23.0 Å². The third-order valence-corrected chi connectivity index (χ3v) is 2.32. The van der Waals surface area contributed by atoms with E-state index >= 15 is 0 Å². The van der Waals surface area contributed by atoms with Gasteiger partial charge < -0.3 is 9.72 Å². The highest BCUT2D eigenvalue weighted by molar-refractivity contribution is 9.10. The number of aromatic nitrogens is 2. The Morgan fingerprint density at radius 3 is 3.00 bits per heavy atom. The van der Waals surface area contributed by atoms with Crippen LogP contribution < -0.4 is 0 Å². The molecule has 0 saturated heterocycles. The van der Waals surface area contributed by atoms with Crippen LogP contribution in [0.15, 0.2) is 29.1 Å². The number of carbonyl (C=O) groups excluding carboxylic acids is 1. The van der Waals surface area contributed by atoms with Crippen molar-refractivity contribution in [3.8, 4) is 0 Å². The highest BCUT2D eigenvalue weighted by atomic mass is 79.9. The Morgan fingerprint density at radius 2 is 2.47 bits per heavy atom. The molecule has 4 nitrogen and oxygen atoms in total. The first kappa shape index (κ1) is 11.7. The van der Waals surface area contributed by atoms with Crippen LogP contribution in [-0.2, 0) is 9.53 Å². The van der Waals surface area contributed by atoms with Crippen LogP contribution in [0.5, 0.6) is 0 Å². The molecule has 0 fully saturated rings. The number of fused-ring (bicyclic) bond motifs is 1. The first-order valence-corrected chi connectivity index (χ1v) is 5.20. The van der Waals surface area contributed by atoms with E-state index in [4.69, 9.17) is 0 Å². The first-order valence-electron chi connectivity index (χ1n) is 4.41. The molecule has 0 atom stereocenters. The van der Waals surface area contributed by atoms with Crippen LogP contribution in [0.2, 0.25) is 0 Å². The van der Waals surface area contributed by atoms with Gasteiger partial charge in [0.2, 0.25) is 0 Å². The van der Waals surface area contributed by atoms with Crippen molar-refractivity contribution in [2.75, 3.05) is 6.61 Å². The third kappa shape index (κ3) is 3.36. The summed E-state index contributed by atoms with van der Waals surface area (Å²) in [6.07, 6.45) is 5.49. The highest BCUT2D eigenvalue weighted by Gasteiger charge is 1.96. The molecule has 0 spiro atoms. The number of halogens is 1. The molecule has 2 aromatic heterocycles. The molecule has 2 rings (SSSR count). The Balaban J connectivity index is 0.000000195. The number of carbonyl (C=O) groups is 1. The number of ether oxygens (including phenoxy) is 1. The average molecular weight is 271 g/mol. The van der Waals surface area contributed by atoms with Crippen LogP contribution in [0.3, 0.4) is 0 Å². The zero-order chi connectivity index (χ0) is 11.1. The molecule has 0 bridgehead atoms. The average Bonchev–Trinajstić information content (AvgIpc) is 2.64. The molecule has 5 heteroatoms. The van der Waals surface area contributed by atoms with Crippen molar-refractivity contribution >= 4 is 33.3 Å². The van der Waals surface area contributed by atoms with E-state index in [-0.39, 0.29) is 0 Å². The van der Waals surface area contributed by atoms with Gasteiger partial charge in [0.1, 0.15) is 0 Å². The third-order valence-electron chi connectivity index (χ3n) is 1.67. The number of nitrogens with one attached hydrogen (secondary N) is 1. The Hall–Kier alpha value is -1.36. The van der Waals surface area contributed by atoms with Gasteiger partial charge in [0.05, 0.1) is 18.3 Å². The maximum atomic E-state index is 9.18. The van der Waals surface area contributed by atoms with Gasteiger partial charge in [-0.3, -0.25) is 9.78 Å². The molecular formula is C10H11BrN2O2. The molecule has 80 valence electrons. The normalized spacial score (nSPS) is 9.20. The van der Waals surface area contributed by atoms with Crippen LogP contribution in [0.25, 0.3) is 10.9 Å². The Bertz CT molecular complexity index is 428. The second-order valence-corrected chi connectivity index (χ2v) is 3.46. The largest absolute Gasteiger partial charge is 0.468 e. The van der Waals surface area contributed by atoms with E-state index in [9.17, 15) is 4.79 Å². The van der Waals surface area contributed by atoms with Gasteiger partial charge in [-0.1, -0.05) is 0 Å². The molecule has 0 saturated carbocycles. The van der Waals surface area contributed by atoms with Crippen molar-refractivity contribution in [2.45, 2.75) is 6.92 Å². The number of pyridine rings is 1. The predicted molar refractivity (Wildman–Crippen MR) is 61.5 cm³/mol. The maximum absolute atomic E-state index is 9.18. The van der Waals surface area contributed by atoms with Crippen molar-refractivity contribution in [3.63, 3.8) is 0 Å². The van der Waals surface area contributed by atoms with Crippen molar-refractivity contribution in [1.82, 2.24) is 9.97 Å². The second kappa shape index (κ2) is 6.19. The van der Waals surface area contributed by atoms with Gasteiger partial charge in [-0.15, -0.1) is 0 Å². The Morgan fingerprint density at radius 1 is 1.67 bits per heavy atom. The highest BCUT2D eigenvalue weighted by Crippen LogP contribution is 2.21. The topological polar surface area (TPSA) is 55.0 Å². The van der Waals surface area contributed by atoms with Crippen LogP contribution in [0.4, 0.5) is 0 Å². The molecule has 0 amide bonds. The van der Waals surface area contributed by atoms with Crippen LogP contribution >= 0.6 is 15.9 Å². The zero-order valence-electron chi connectivity index (χ0n) is 8.24. The number of hydrogen-bond donors (Lipinski definition) is 1. The van der Waals surface area contributed by atoms with Gasteiger partial charge in [0.25, 0.3) is 6.47 Å². The summed E-state index contributed by atoms with van der Waals surface area (Å²) in [5.74, 6) is 0. The minimum absolute atomic E-state index is 0.431. The number of rotatable bonds is 2. The fourth-order valence-electron chi connectivity index (χ4n) is 1.00. The lowest BCUT2D eigenvalue weighted by atomic mass is 10.3. The standard InChI is InChI=1S/C7H5BrN2.C3H6O2/c8-6-3-10-7-4-9-2-1-5(6)7;1-2-5-3-4/h1-4,10H;3H,2H2,1H3. The lowest BCUT2D eigenvalue weighted by molar-refractivity contribution is -0.128. The van der Waals surface area contributed by atoms with Gasteiger partial charge in [-0.05, 0) is 28.9 Å². The van der Waals surface area contributed by atoms with E-state index in [0.717, 1.165) is 9.99 Å². The summed E-state index contributed by atoms with van der Waals surface area (Å²) < 4.78 is 5.24. The molecule has 0 radical (unpaired) electrons. The summed E-state index contributed by atoms with van der Waals surface area (Å²) in [4.78, 5) is 16.2. The lowest BCUT2D eigenvalue weighted by Gasteiger charge is -1.85. The Kier molecular flexibility index (Phi) is 4.83. The molecule has 0 aliphatic heterocycles. The second-order valence-electron chi connectivity index (χ2n) is 2.61. The summed E-state index contributed by atoms with van der Waals surface area (Å²) in [5, 5.41) is 1.18. The van der Waals surface area contributed by atoms with E-state index < -0.39 is 0 Å². The molecule has 0 unspecified atom stereocenters. The smallest absolute Gasteiger partial charge is 0.293 e. The molecule has 2 heterocycles. The fraction of sp³-hybridized carbons (Fsp3) is 0.200. The van der Waals surface area contributed by atoms with E-state index in [1.54, 1.807) is 19.3 Å². The lowest BCUT2D eigenvalue weighted by Crippen LogP contribution is -1.80. The molecule has 2 aromatic rings. The summed E-state index contributed by atoms with van der Waals surface area (Å²) in [5.41, 5.74) is 1.06. The summed E-state index contributed by atoms with van der Waals surface area (Å²) in [6, 6.07) is 1.97. The fourth-order valence-corrected chi connectivity index (χ4v) is 1.46. The minimum atomic E-state index is 0.431. The Labute approximate surface area is 95.8 Å². The summed E-state index contributed by atoms with van der Waals surface area (Å²) >= 11 is 3.41. The van der Waals surface area contributed by atoms with Gasteiger partial charge in [0.15, 0.2) is 0 Å². The van der Waals surface area contributed by atoms with Crippen LogP contribution in [0.1, 0.15) is 6.92 Å². The van der Waals surface area contributed by atoms with Crippen LogP contribution in [0, 0.1) is 0 Å². The van der Waals surface area contributed by atoms with Gasteiger partial charge >= 0.3 is 0 Å². The van der Waals surface area contributed by atoms with E-state index in [1.807, 2.05) is 12.3 Å². The monoisotopic (exact) mass is 270 g/mol. The number of aromatic amines is 1. The van der Waals surface area contributed by atoms with Crippen molar-refractivity contribution < 1.29 is 9.53 Å². The maximum Gasteiger partial charge on any atom is 0.293 e. The SMILES string of the molecule is Brc1c[nH]c2cnccc12.CCOC=O. The first-order chi connectivity index (χ1) is 7.29. The zero-order valence-corrected chi connectivity index (χ0v) is 9.82. The number of H-pyrrole nitrogens is 1. The predicted octanol–water partition coefficient (Wildman–Crippen LogP) is 2.50. The number of nitrogens with zero attached hydrogens (tertiary/aromatic N) is 1. The molecule has 1 N–H and O–H groups in total. The summed E-state index contributed by atoms with van der Waals surface area (Å²) in [7, 11) is 0. The molecule has 0 aliphatic rings. The van der Waals surface area contributed by atoms with Gasteiger partial charge in [0, 0.05) is 22.3 Å². The van der Waals surface area contributed by atoms with Crippen molar-refractivity contribution in [2.24, 2.45) is 0 Å². The minimum Gasteiger partial charge on any atom is -0.468 e. The van der Waals surface area contributed by atoms with Gasteiger partial charge in [-0.2, -0.15) is 0 Å². The summed E-state index contributed by atoms with van der Waals surface area (Å²) in [6.45, 7) is 2.66. The quantitative estimate of drug-likeness (QED) is 0.854. The molecule has 15 heavy (non-hydrogen) atoms. The molecule has 0 aliphatic carbocycles. The van der Waals surface area contributed by atoms with Crippen molar-refractivity contribution in [3.05, 3.63) is 29.1 Å². The van der Waals surface area contributed by atoms with E-state index in [0.29, 0.717) is 13.1 Å². The van der Waals surface area contributed by atoms with Gasteiger partial charge in [-0.25, -0.2) is 0 Å². The van der Waals surface area contributed by atoms with E-state index in [2.05, 4.69) is 30.6 Å². The molecular weight excluding hydrogens is 260 g/mol. The van der Waals surface area contributed by atoms with E-state index in [1.165, 1.54) is 5.39 Å². The van der Waals surface area contributed by atoms with Crippen molar-refractivity contribution in [1.29, 1.82) is 0 Å². The molecule has 0 aromatic carbocycles.